The Morgan fingerprint density at radius 1 is 1.42 bits per heavy atom. The van der Waals surface area contributed by atoms with Crippen LogP contribution in [0.3, 0.4) is 0 Å². The third-order valence-corrected chi connectivity index (χ3v) is 3.32. The van der Waals surface area contributed by atoms with Crippen molar-refractivity contribution in [3.8, 4) is 0 Å². The first-order chi connectivity index (χ1) is 8.95. The van der Waals surface area contributed by atoms with Crippen molar-refractivity contribution in [2.24, 2.45) is 5.92 Å². The molecule has 2 unspecified atom stereocenters. The molecule has 0 saturated carbocycles. The van der Waals surface area contributed by atoms with Gasteiger partial charge in [-0.3, -0.25) is 9.59 Å². The Bertz CT molecular complexity index is 318. The normalized spacial score (nSPS) is 24.6. The number of rotatable bonds is 6. The van der Waals surface area contributed by atoms with E-state index in [4.69, 9.17) is 4.74 Å². The molecule has 0 aromatic rings. The standard InChI is InChI=1S/C14H26N2O3/c1-5-19-7-6-16-11(4)9-13(17)15-12(14(16)18)8-10(2)3/h10-12H,5-9H2,1-4H3,(H,15,17). The molecule has 2 atom stereocenters. The van der Waals surface area contributed by atoms with Crippen molar-refractivity contribution in [2.45, 2.75) is 52.6 Å². The van der Waals surface area contributed by atoms with Crippen LogP contribution in [0.5, 0.6) is 0 Å². The quantitative estimate of drug-likeness (QED) is 0.737. The summed E-state index contributed by atoms with van der Waals surface area (Å²) in [5, 5.41) is 2.84. The number of hydrogen-bond donors (Lipinski definition) is 1. The minimum Gasteiger partial charge on any atom is -0.380 e. The zero-order valence-corrected chi connectivity index (χ0v) is 12.4. The van der Waals surface area contributed by atoms with Crippen LogP contribution in [0.15, 0.2) is 0 Å². The lowest BCUT2D eigenvalue weighted by Gasteiger charge is -2.29. The van der Waals surface area contributed by atoms with E-state index >= 15 is 0 Å². The van der Waals surface area contributed by atoms with Crippen molar-refractivity contribution in [3.63, 3.8) is 0 Å². The monoisotopic (exact) mass is 270 g/mol. The lowest BCUT2D eigenvalue weighted by molar-refractivity contribution is -0.136. The molecular formula is C14H26N2O3. The van der Waals surface area contributed by atoms with Gasteiger partial charge in [0, 0.05) is 25.6 Å². The third kappa shape index (κ3) is 4.82. The first-order valence-electron chi connectivity index (χ1n) is 7.13. The summed E-state index contributed by atoms with van der Waals surface area (Å²) in [5.74, 6) is 0.355. The molecule has 1 N–H and O–H groups in total. The van der Waals surface area contributed by atoms with E-state index in [1.807, 2.05) is 13.8 Å². The molecular weight excluding hydrogens is 244 g/mol. The minimum absolute atomic E-state index is 0.0201. The van der Waals surface area contributed by atoms with Crippen LogP contribution >= 0.6 is 0 Å². The molecule has 1 aliphatic rings. The molecule has 110 valence electrons. The molecule has 2 amide bonds. The summed E-state index contributed by atoms with van der Waals surface area (Å²) in [4.78, 5) is 26.1. The maximum absolute atomic E-state index is 12.5. The Labute approximate surface area is 115 Å². The predicted molar refractivity (Wildman–Crippen MR) is 73.7 cm³/mol. The van der Waals surface area contributed by atoms with Crippen LogP contribution in [-0.2, 0) is 14.3 Å². The van der Waals surface area contributed by atoms with Crippen LogP contribution in [0.4, 0.5) is 0 Å². The summed E-state index contributed by atoms with van der Waals surface area (Å²) in [6.07, 6.45) is 1.05. The van der Waals surface area contributed by atoms with E-state index in [1.54, 1.807) is 4.90 Å². The SMILES string of the molecule is CCOCCN1C(=O)C(CC(C)C)NC(=O)CC1C. The van der Waals surface area contributed by atoms with Gasteiger partial charge >= 0.3 is 0 Å². The lowest BCUT2D eigenvalue weighted by Crippen LogP contribution is -2.48. The van der Waals surface area contributed by atoms with Crippen molar-refractivity contribution in [1.29, 1.82) is 0 Å². The molecule has 0 aliphatic carbocycles. The number of nitrogens with zero attached hydrogens (tertiary/aromatic N) is 1. The smallest absolute Gasteiger partial charge is 0.245 e. The molecule has 19 heavy (non-hydrogen) atoms. The molecule has 1 aliphatic heterocycles. The first-order valence-corrected chi connectivity index (χ1v) is 7.13. The van der Waals surface area contributed by atoms with Gasteiger partial charge in [-0.2, -0.15) is 0 Å². The molecule has 5 heteroatoms. The van der Waals surface area contributed by atoms with E-state index in [9.17, 15) is 9.59 Å². The number of amides is 2. The van der Waals surface area contributed by atoms with E-state index in [2.05, 4.69) is 19.2 Å². The van der Waals surface area contributed by atoms with Crippen LogP contribution in [-0.4, -0.2) is 48.6 Å². The highest BCUT2D eigenvalue weighted by Crippen LogP contribution is 2.15. The summed E-state index contributed by atoms with van der Waals surface area (Å²) in [7, 11) is 0. The number of carbonyl (C=O) groups excluding carboxylic acids is 2. The van der Waals surface area contributed by atoms with E-state index in [0.717, 1.165) is 0 Å². The topological polar surface area (TPSA) is 58.6 Å². The highest BCUT2D eigenvalue weighted by atomic mass is 16.5. The summed E-state index contributed by atoms with van der Waals surface area (Å²) in [5.41, 5.74) is 0. The van der Waals surface area contributed by atoms with Crippen LogP contribution in [0, 0.1) is 5.92 Å². The van der Waals surface area contributed by atoms with Gasteiger partial charge in [0.25, 0.3) is 0 Å². The van der Waals surface area contributed by atoms with Crippen LogP contribution in [0.1, 0.15) is 40.5 Å². The maximum Gasteiger partial charge on any atom is 0.245 e. The van der Waals surface area contributed by atoms with E-state index in [1.165, 1.54) is 0 Å². The van der Waals surface area contributed by atoms with Gasteiger partial charge in [0.05, 0.1) is 6.61 Å². The van der Waals surface area contributed by atoms with Crippen molar-refractivity contribution < 1.29 is 14.3 Å². The van der Waals surface area contributed by atoms with E-state index in [0.29, 0.717) is 38.5 Å². The molecule has 0 radical (unpaired) electrons. The summed E-state index contributed by atoms with van der Waals surface area (Å²) >= 11 is 0. The summed E-state index contributed by atoms with van der Waals surface area (Å²) in [6, 6.07) is -0.454. The molecule has 0 spiro atoms. The zero-order valence-electron chi connectivity index (χ0n) is 12.4. The van der Waals surface area contributed by atoms with Gasteiger partial charge < -0.3 is 15.0 Å². The van der Waals surface area contributed by atoms with Gasteiger partial charge in [-0.1, -0.05) is 13.8 Å². The predicted octanol–water partition coefficient (Wildman–Crippen LogP) is 1.17. The molecule has 0 aromatic heterocycles. The van der Waals surface area contributed by atoms with Crippen molar-refractivity contribution in [1.82, 2.24) is 10.2 Å². The fraction of sp³-hybridized carbons (Fsp3) is 0.857. The fourth-order valence-corrected chi connectivity index (χ4v) is 2.38. The highest BCUT2D eigenvalue weighted by Gasteiger charge is 2.33. The number of ether oxygens (including phenoxy) is 1. The van der Waals surface area contributed by atoms with Gasteiger partial charge in [0.15, 0.2) is 0 Å². The Morgan fingerprint density at radius 3 is 2.68 bits per heavy atom. The average molecular weight is 270 g/mol. The second-order valence-electron chi connectivity index (χ2n) is 5.53. The Hall–Kier alpha value is -1.10. The third-order valence-electron chi connectivity index (χ3n) is 3.32. The largest absolute Gasteiger partial charge is 0.380 e. The van der Waals surface area contributed by atoms with Crippen molar-refractivity contribution >= 4 is 11.8 Å². The van der Waals surface area contributed by atoms with Gasteiger partial charge in [0.1, 0.15) is 6.04 Å². The van der Waals surface area contributed by atoms with E-state index in [-0.39, 0.29) is 23.9 Å². The van der Waals surface area contributed by atoms with Crippen LogP contribution < -0.4 is 5.32 Å². The summed E-state index contributed by atoms with van der Waals surface area (Å²) < 4.78 is 5.32. The fourth-order valence-electron chi connectivity index (χ4n) is 2.38. The van der Waals surface area contributed by atoms with Crippen molar-refractivity contribution in [3.05, 3.63) is 0 Å². The Balaban J connectivity index is 2.74. The lowest BCUT2D eigenvalue weighted by atomic mass is 10.0. The van der Waals surface area contributed by atoms with E-state index < -0.39 is 0 Å². The molecule has 1 heterocycles. The highest BCUT2D eigenvalue weighted by molar-refractivity contribution is 5.90. The van der Waals surface area contributed by atoms with Gasteiger partial charge in [-0.25, -0.2) is 0 Å². The second-order valence-corrected chi connectivity index (χ2v) is 5.53. The molecule has 1 rings (SSSR count). The van der Waals surface area contributed by atoms with Gasteiger partial charge in [-0.05, 0) is 26.2 Å². The van der Waals surface area contributed by atoms with Gasteiger partial charge in [-0.15, -0.1) is 0 Å². The van der Waals surface area contributed by atoms with Crippen LogP contribution in [0.25, 0.3) is 0 Å². The summed E-state index contributed by atoms with van der Waals surface area (Å²) in [6.45, 7) is 9.67. The molecule has 1 saturated heterocycles. The van der Waals surface area contributed by atoms with Crippen molar-refractivity contribution in [2.75, 3.05) is 19.8 Å². The Kier molecular flexibility index (Phi) is 6.28. The molecule has 1 fully saturated rings. The molecule has 0 bridgehead atoms. The second kappa shape index (κ2) is 7.48. The zero-order chi connectivity index (χ0) is 14.4. The van der Waals surface area contributed by atoms with Gasteiger partial charge in [0.2, 0.25) is 11.8 Å². The molecule has 0 aromatic carbocycles. The number of carbonyl (C=O) groups is 2. The molecule has 5 nitrogen and oxygen atoms in total. The Morgan fingerprint density at radius 2 is 2.11 bits per heavy atom. The number of nitrogens with one attached hydrogen (secondary N) is 1. The minimum atomic E-state index is -0.390. The maximum atomic E-state index is 12.5. The average Bonchev–Trinajstić information content (AvgIpc) is 2.40. The number of hydrogen-bond acceptors (Lipinski definition) is 3. The first kappa shape index (κ1) is 16.0. The van der Waals surface area contributed by atoms with Crippen LogP contribution in [0.2, 0.25) is 0 Å².